The molecule has 1 atom stereocenters. The molecule has 2 N–H and O–H groups in total. The molecule has 0 saturated carbocycles. The molecule has 1 heterocycles. The Morgan fingerprint density at radius 1 is 1.09 bits per heavy atom. The summed E-state index contributed by atoms with van der Waals surface area (Å²) in [6, 6.07) is -0.116. The van der Waals surface area contributed by atoms with Gasteiger partial charge in [-0.2, -0.15) is 0 Å². The molecule has 0 aliphatic carbocycles. The Balaban J connectivity index is 1.98. The third kappa shape index (κ3) is 6.45. The average Bonchev–Trinajstić information content (AvgIpc) is 2.73. The molecule has 6 nitrogen and oxygen atoms in total. The van der Waals surface area contributed by atoms with E-state index in [9.17, 15) is 14.4 Å². The Morgan fingerprint density at radius 2 is 1.73 bits per heavy atom. The van der Waals surface area contributed by atoms with Crippen LogP contribution in [0, 0.1) is 5.92 Å². The van der Waals surface area contributed by atoms with E-state index in [-0.39, 0.29) is 23.8 Å². The fourth-order valence-corrected chi connectivity index (χ4v) is 2.50. The minimum Gasteiger partial charge on any atom is -0.338 e. The number of amides is 4. The lowest BCUT2D eigenvalue weighted by atomic mass is 10.1. The average molecular weight is 311 g/mol. The molecule has 0 aromatic rings. The largest absolute Gasteiger partial charge is 0.338 e. The van der Waals surface area contributed by atoms with Crippen molar-refractivity contribution in [2.75, 3.05) is 19.6 Å². The summed E-state index contributed by atoms with van der Waals surface area (Å²) >= 11 is 0. The number of hydrogen-bond acceptors (Lipinski definition) is 3. The minimum absolute atomic E-state index is 0.0467. The van der Waals surface area contributed by atoms with Crippen LogP contribution in [0.4, 0.5) is 4.79 Å². The molecule has 1 saturated heterocycles. The molecule has 0 spiro atoms. The highest BCUT2D eigenvalue weighted by Gasteiger charge is 2.34. The molecule has 1 rings (SSSR count). The Kier molecular flexibility index (Phi) is 8.55. The van der Waals surface area contributed by atoms with Crippen LogP contribution in [0.25, 0.3) is 0 Å². The van der Waals surface area contributed by atoms with E-state index >= 15 is 0 Å². The molecule has 1 aliphatic heterocycles. The lowest BCUT2D eigenvalue weighted by molar-refractivity contribution is -0.139. The van der Waals surface area contributed by atoms with Crippen molar-refractivity contribution in [1.82, 2.24) is 15.5 Å². The first kappa shape index (κ1) is 18.5. The molecule has 126 valence electrons. The van der Waals surface area contributed by atoms with Gasteiger partial charge in [-0.15, -0.1) is 0 Å². The maximum absolute atomic E-state index is 11.7. The third-order valence-corrected chi connectivity index (χ3v) is 3.88. The van der Waals surface area contributed by atoms with E-state index in [0.717, 1.165) is 45.1 Å². The van der Waals surface area contributed by atoms with Crippen molar-refractivity contribution in [3.63, 3.8) is 0 Å². The van der Waals surface area contributed by atoms with Gasteiger partial charge in [-0.25, -0.2) is 4.79 Å². The van der Waals surface area contributed by atoms with Gasteiger partial charge in [-0.3, -0.25) is 14.5 Å². The maximum Gasteiger partial charge on any atom is 0.314 e. The van der Waals surface area contributed by atoms with Crippen LogP contribution in [-0.4, -0.2) is 42.4 Å². The number of unbranched alkanes of at least 4 members (excludes halogenated alkanes) is 4. The van der Waals surface area contributed by atoms with E-state index < -0.39 is 0 Å². The zero-order valence-electron chi connectivity index (χ0n) is 13.8. The molecule has 4 amide bonds. The van der Waals surface area contributed by atoms with Crippen LogP contribution in [-0.2, 0) is 9.59 Å². The third-order valence-electron chi connectivity index (χ3n) is 3.88. The van der Waals surface area contributed by atoms with Crippen molar-refractivity contribution in [2.45, 2.75) is 58.8 Å². The summed E-state index contributed by atoms with van der Waals surface area (Å²) in [4.78, 5) is 36.1. The number of carbonyl (C=O) groups is 3. The fraction of sp³-hybridized carbons (Fsp3) is 0.812. The summed E-state index contributed by atoms with van der Waals surface area (Å²) in [6.07, 6.45) is 6.18. The van der Waals surface area contributed by atoms with Crippen LogP contribution in [0.2, 0.25) is 0 Å². The lowest BCUT2D eigenvalue weighted by Gasteiger charge is -2.14. The Morgan fingerprint density at radius 3 is 2.27 bits per heavy atom. The van der Waals surface area contributed by atoms with Crippen molar-refractivity contribution in [1.29, 1.82) is 0 Å². The topological polar surface area (TPSA) is 78.5 Å². The summed E-state index contributed by atoms with van der Waals surface area (Å²) in [5, 5.41) is 5.64. The number of likely N-dealkylation sites (tertiary alicyclic amines) is 1. The van der Waals surface area contributed by atoms with Crippen LogP contribution < -0.4 is 10.6 Å². The molecule has 0 aromatic heterocycles. The Labute approximate surface area is 133 Å². The van der Waals surface area contributed by atoms with Crippen molar-refractivity contribution in [3.8, 4) is 0 Å². The quantitative estimate of drug-likeness (QED) is 0.479. The van der Waals surface area contributed by atoms with Gasteiger partial charge in [-0.1, -0.05) is 26.7 Å². The van der Waals surface area contributed by atoms with Crippen molar-refractivity contribution >= 4 is 17.8 Å². The molecule has 0 radical (unpaired) electrons. The van der Waals surface area contributed by atoms with Crippen molar-refractivity contribution in [3.05, 3.63) is 0 Å². The summed E-state index contributed by atoms with van der Waals surface area (Å²) in [5.41, 5.74) is 0. The second-order valence-electron chi connectivity index (χ2n) is 5.94. The van der Waals surface area contributed by atoms with Gasteiger partial charge in [0.15, 0.2) is 0 Å². The highest BCUT2D eigenvalue weighted by molar-refractivity contribution is 6.03. The maximum atomic E-state index is 11.7. The van der Waals surface area contributed by atoms with Gasteiger partial charge in [0.25, 0.3) is 0 Å². The van der Waals surface area contributed by atoms with E-state index in [1.165, 1.54) is 4.90 Å². The monoisotopic (exact) mass is 311 g/mol. The molecule has 1 unspecified atom stereocenters. The minimum atomic E-state index is -0.162. The van der Waals surface area contributed by atoms with Crippen LogP contribution in [0.5, 0.6) is 0 Å². The Hall–Kier alpha value is -1.59. The van der Waals surface area contributed by atoms with Gasteiger partial charge < -0.3 is 10.6 Å². The van der Waals surface area contributed by atoms with E-state index in [1.807, 2.05) is 0 Å². The van der Waals surface area contributed by atoms with Gasteiger partial charge in [-0.05, 0) is 25.7 Å². The molecular formula is C16H29N3O3. The van der Waals surface area contributed by atoms with Crippen LogP contribution in [0.1, 0.15) is 58.8 Å². The van der Waals surface area contributed by atoms with Gasteiger partial charge in [0.05, 0.1) is 0 Å². The molecule has 6 heteroatoms. The van der Waals surface area contributed by atoms with Gasteiger partial charge in [0, 0.05) is 32.0 Å². The zero-order chi connectivity index (χ0) is 16.4. The molecule has 1 aliphatic rings. The summed E-state index contributed by atoms with van der Waals surface area (Å²) in [7, 11) is 0. The zero-order valence-corrected chi connectivity index (χ0v) is 13.8. The molecule has 22 heavy (non-hydrogen) atoms. The normalized spacial score (nSPS) is 17.9. The molecule has 0 aromatic carbocycles. The van der Waals surface area contributed by atoms with Crippen LogP contribution >= 0.6 is 0 Å². The first-order valence-corrected chi connectivity index (χ1v) is 8.42. The number of urea groups is 1. The summed E-state index contributed by atoms with van der Waals surface area (Å²) < 4.78 is 0. The smallest absolute Gasteiger partial charge is 0.314 e. The highest BCUT2D eigenvalue weighted by atomic mass is 16.2. The summed E-state index contributed by atoms with van der Waals surface area (Å²) in [5.74, 6) is -0.262. The second kappa shape index (κ2) is 10.2. The molecule has 0 bridgehead atoms. The van der Waals surface area contributed by atoms with E-state index in [0.29, 0.717) is 19.5 Å². The number of nitrogens with zero attached hydrogens (tertiary/aromatic N) is 1. The van der Waals surface area contributed by atoms with E-state index in [4.69, 9.17) is 0 Å². The number of imide groups is 1. The number of hydrogen-bond donors (Lipinski definition) is 2. The standard InChI is InChI=1S/C16H29N3O3/c1-3-4-6-9-17-16(22)18-10-7-5-8-11-19-14(20)12-13(2)15(19)21/h13H,3-12H2,1-2H3,(H2,17,18,22). The molecular weight excluding hydrogens is 282 g/mol. The Bertz CT molecular complexity index is 385. The summed E-state index contributed by atoms with van der Waals surface area (Å²) in [6.45, 7) is 5.77. The number of carbonyl (C=O) groups excluding carboxylic acids is 3. The lowest BCUT2D eigenvalue weighted by Crippen LogP contribution is -2.36. The van der Waals surface area contributed by atoms with Crippen LogP contribution in [0.3, 0.4) is 0 Å². The van der Waals surface area contributed by atoms with Gasteiger partial charge in [0.2, 0.25) is 11.8 Å². The molecule has 1 fully saturated rings. The van der Waals surface area contributed by atoms with Crippen molar-refractivity contribution < 1.29 is 14.4 Å². The predicted octanol–water partition coefficient (Wildman–Crippen LogP) is 2.04. The fourth-order valence-electron chi connectivity index (χ4n) is 2.50. The van der Waals surface area contributed by atoms with Gasteiger partial charge in [0.1, 0.15) is 0 Å². The first-order valence-electron chi connectivity index (χ1n) is 8.42. The second-order valence-corrected chi connectivity index (χ2v) is 5.94. The van der Waals surface area contributed by atoms with E-state index in [2.05, 4.69) is 17.6 Å². The van der Waals surface area contributed by atoms with E-state index in [1.54, 1.807) is 6.92 Å². The van der Waals surface area contributed by atoms with Crippen LogP contribution in [0.15, 0.2) is 0 Å². The first-order chi connectivity index (χ1) is 10.6. The SMILES string of the molecule is CCCCCNC(=O)NCCCCCN1C(=O)CC(C)C1=O. The highest BCUT2D eigenvalue weighted by Crippen LogP contribution is 2.19. The van der Waals surface area contributed by atoms with Crippen molar-refractivity contribution in [2.24, 2.45) is 5.92 Å². The number of rotatable bonds is 10. The number of nitrogens with one attached hydrogen (secondary N) is 2. The predicted molar refractivity (Wildman–Crippen MR) is 85.3 cm³/mol. The van der Waals surface area contributed by atoms with Gasteiger partial charge >= 0.3 is 6.03 Å².